The Labute approximate surface area is 141 Å². The first-order valence-electron chi connectivity index (χ1n) is 8.28. The van der Waals surface area contributed by atoms with Crippen LogP contribution < -0.4 is 16.4 Å². The maximum Gasteiger partial charge on any atom is 0.185 e. The minimum atomic E-state index is -1.40. The Hall–Kier alpha value is -0.650. The predicted molar refractivity (Wildman–Crippen MR) is 85.2 cm³/mol. The molecule has 1 heterocycles. The van der Waals surface area contributed by atoms with Crippen LogP contribution in [0.15, 0.2) is 0 Å². The van der Waals surface area contributed by atoms with Crippen LogP contribution in [0.5, 0.6) is 0 Å². The van der Waals surface area contributed by atoms with Crippen LogP contribution in [0, 0.1) is 0 Å². The molecule has 1 saturated carbocycles. The Morgan fingerprint density at radius 1 is 1.46 bits per heavy atom. The Balaban J connectivity index is 2.13. The van der Waals surface area contributed by atoms with E-state index in [-0.39, 0.29) is 12.6 Å². The molecule has 1 aliphatic carbocycles. The van der Waals surface area contributed by atoms with Crippen molar-refractivity contribution in [3.05, 3.63) is 0 Å². The number of rotatable bonds is 5. The number of aliphatic hydroxyl groups is 3. The van der Waals surface area contributed by atoms with Gasteiger partial charge in [-0.15, -0.1) is 0 Å². The van der Waals surface area contributed by atoms with Crippen molar-refractivity contribution in [3.8, 4) is 0 Å². The van der Waals surface area contributed by atoms with Gasteiger partial charge in [0.2, 0.25) is 0 Å². The first kappa shape index (κ1) is 19.7. The van der Waals surface area contributed by atoms with Gasteiger partial charge in [-0.05, 0) is 26.9 Å². The molecule has 0 unspecified atom stereocenters. The first-order valence-corrected chi connectivity index (χ1v) is 8.28. The lowest BCUT2D eigenvalue weighted by Gasteiger charge is -2.46. The van der Waals surface area contributed by atoms with Gasteiger partial charge in [-0.1, -0.05) is 6.92 Å². The van der Waals surface area contributed by atoms with Crippen LogP contribution in [-0.2, 0) is 14.3 Å². The van der Waals surface area contributed by atoms with Crippen LogP contribution in [-0.4, -0.2) is 89.6 Å². The zero-order chi connectivity index (χ0) is 18.1. The van der Waals surface area contributed by atoms with E-state index in [0.717, 1.165) is 0 Å². The first-order chi connectivity index (χ1) is 11.2. The van der Waals surface area contributed by atoms with Gasteiger partial charge in [0, 0.05) is 6.04 Å². The molecule has 1 saturated heterocycles. The summed E-state index contributed by atoms with van der Waals surface area (Å²) in [6.45, 7) is 4.00. The highest BCUT2D eigenvalue weighted by atomic mass is 16.7. The number of aliphatic hydroxyl groups excluding tert-OH is 2. The van der Waals surface area contributed by atoms with Crippen molar-refractivity contribution in [2.24, 2.45) is 5.73 Å². The summed E-state index contributed by atoms with van der Waals surface area (Å²) in [5, 5.41) is 36.9. The topological polar surface area (TPSA) is 146 Å². The fraction of sp³-hybridized carbons (Fsp3) is 0.933. The van der Waals surface area contributed by atoms with Crippen LogP contribution in [0.1, 0.15) is 20.3 Å². The van der Waals surface area contributed by atoms with Crippen LogP contribution in [0.4, 0.5) is 0 Å². The molecule has 7 N–H and O–H groups in total. The third-order valence-electron chi connectivity index (χ3n) is 4.77. The molecule has 0 aromatic carbocycles. The van der Waals surface area contributed by atoms with Crippen LogP contribution in [0.3, 0.4) is 0 Å². The number of carbonyl (C=O) groups excluding carboxylic acids is 1. The molecule has 0 aromatic heterocycles. The summed E-state index contributed by atoms with van der Waals surface area (Å²) in [4.78, 5) is 12.0. The van der Waals surface area contributed by atoms with Crippen molar-refractivity contribution in [2.75, 3.05) is 20.2 Å². The molecule has 9 heteroatoms. The summed E-state index contributed by atoms with van der Waals surface area (Å²) < 4.78 is 11.2. The van der Waals surface area contributed by atoms with Gasteiger partial charge in [-0.3, -0.25) is 4.79 Å². The molecule has 1 aliphatic heterocycles. The van der Waals surface area contributed by atoms with Crippen LogP contribution in [0.2, 0.25) is 0 Å². The Kier molecular flexibility index (Phi) is 6.32. The SMILES string of the molecule is CCN[C@@H]1C[C@H](N)C(=O)[C@H](O)[C@H]1O[C@H]1OC[C@](C)(O)[C@H](NC)[C@H]1O. The average molecular weight is 347 g/mol. The third kappa shape index (κ3) is 3.78. The van der Waals surface area contributed by atoms with E-state index in [1.54, 1.807) is 14.0 Å². The number of hydrogen-bond acceptors (Lipinski definition) is 9. The summed E-state index contributed by atoms with van der Waals surface area (Å²) in [6, 6.07) is -1.77. The molecule has 0 spiro atoms. The molecular formula is C15H29N3O6. The van der Waals surface area contributed by atoms with E-state index < -0.39 is 48.1 Å². The standard InChI is InChI=1S/C15H29N3O6/c1-4-18-8-5-7(16)9(19)10(20)12(8)24-14-11(21)13(17-3)15(2,22)6-23-14/h7-8,10-14,17-18,20-22H,4-6,16H2,1-3H3/t7-,8+,10-,11+,12-,13+,14+,15-/m0/s1. The smallest absolute Gasteiger partial charge is 0.185 e. The van der Waals surface area contributed by atoms with E-state index >= 15 is 0 Å². The van der Waals surface area contributed by atoms with Crippen molar-refractivity contribution in [3.63, 3.8) is 0 Å². The minimum Gasteiger partial charge on any atom is -0.386 e. The lowest BCUT2D eigenvalue weighted by molar-refractivity contribution is -0.290. The number of ether oxygens (including phenoxy) is 2. The highest BCUT2D eigenvalue weighted by molar-refractivity contribution is 5.89. The number of ketones is 1. The molecule has 0 radical (unpaired) electrons. The maximum absolute atomic E-state index is 12.0. The molecule has 2 fully saturated rings. The molecule has 0 amide bonds. The van der Waals surface area contributed by atoms with Gasteiger partial charge < -0.3 is 41.2 Å². The zero-order valence-corrected chi connectivity index (χ0v) is 14.3. The molecule has 2 rings (SSSR count). The normalized spacial score (nSPS) is 47.0. The second-order valence-electron chi connectivity index (χ2n) is 6.75. The molecule has 140 valence electrons. The van der Waals surface area contributed by atoms with Crippen molar-refractivity contribution in [1.82, 2.24) is 10.6 Å². The van der Waals surface area contributed by atoms with Gasteiger partial charge in [0.05, 0.1) is 18.7 Å². The van der Waals surface area contributed by atoms with Crippen LogP contribution >= 0.6 is 0 Å². The highest BCUT2D eigenvalue weighted by Crippen LogP contribution is 2.28. The molecule has 2 aliphatic rings. The van der Waals surface area contributed by atoms with Crippen molar-refractivity contribution >= 4 is 5.78 Å². The van der Waals surface area contributed by atoms with Gasteiger partial charge in [0.1, 0.15) is 23.9 Å². The van der Waals surface area contributed by atoms with E-state index in [0.29, 0.717) is 13.0 Å². The Bertz CT molecular complexity index is 449. The van der Waals surface area contributed by atoms with E-state index in [2.05, 4.69) is 10.6 Å². The molecule has 8 atom stereocenters. The van der Waals surface area contributed by atoms with Gasteiger partial charge in [-0.2, -0.15) is 0 Å². The van der Waals surface area contributed by atoms with E-state index in [4.69, 9.17) is 15.2 Å². The minimum absolute atomic E-state index is 0.0532. The van der Waals surface area contributed by atoms with Crippen molar-refractivity contribution in [2.45, 2.75) is 68.6 Å². The number of nitrogens with one attached hydrogen (secondary N) is 2. The molecule has 0 bridgehead atoms. The number of Topliss-reactive ketones (excluding diaryl/α,β-unsaturated/α-hetero) is 1. The maximum atomic E-state index is 12.0. The molecule has 0 aromatic rings. The van der Waals surface area contributed by atoms with Gasteiger partial charge >= 0.3 is 0 Å². The van der Waals surface area contributed by atoms with Crippen molar-refractivity contribution in [1.29, 1.82) is 0 Å². The Morgan fingerprint density at radius 2 is 2.12 bits per heavy atom. The lowest BCUT2D eigenvalue weighted by Crippen LogP contribution is -2.67. The average Bonchev–Trinajstić information content (AvgIpc) is 2.51. The second kappa shape index (κ2) is 7.71. The van der Waals surface area contributed by atoms with E-state index in [1.165, 1.54) is 0 Å². The van der Waals surface area contributed by atoms with E-state index in [1.807, 2.05) is 6.92 Å². The second-order valence-corrected chi connectivity index (χ2v) is 6.75. The quantitative estimate of drug-likeness (QED) is 0.307. The summed E-state index contributed by atoms with van der Waals surface area (Å²) >= 11 is 0. The number of nitrogens with two attached hydrogens (primary N) is 1. The zero-order valence-electron chi connectivity index (χ0n) is 14.3. The van der Waals surface area contributed by atoms with Crippen molar-refractivity contribution < 1.29 is 29.6 Å². The van der Waals surface area contributed by atoms with Gasteiger partial charge in [0.15, 0.2) is 12.1 Å². The fourth-order valence-electron chi connectivity index (χ4n) is 3.48. The van der Waals surface area contributed by atoms with E-state index in [9.17, 15) is 20.1 Å². The predicted octanol–water partition coefficient (Wildman–Crippen LogP) is -2.93. The van der Waals surface area contributed by atoms with Crippen LogP contribution in [0.25, 0.3) is 0 Å². The highest BCUT2D eigenvalue weighted by Gasteiger charge is 2.49. The molecular weight excluding hydrogens is 318 g/mol. The third-order valence-corrected chi connectivity index (χ3v) is 4.77. The lowest BCUT2D eigenvalue weighted by atomic mass is 9.85. The summed E-state index contributed by atoms with van der Waals surface area (Å²) in [7, 11) is 1.62. The monoisotopic (exact) mass is 347 g/mol. The number of carbonyl (C=O) groups is 1. The number of hydrogen-bond donors (Lipinski definition) is 6. The summed E-state index contributed by atoms with van der Waals surface area (Å²) in [5.74, 6) is -0.489. The number of likely N-dealkylation sites (N-methyl/N-ethyl adjacent to an activating group) is 2. The fourth-order valence-corrected chi connectivity index (χ4v) is 3.48. The van der Waals surface area contributed by atoms with Gasteiger partial charge in [-0.25, -0.2) is 0 Å². The van der Waals surface area contributed by atoms with Gasteiger partial charge in [0.25, 0.3) is 0 Å². The summed E-state index contributed by atoms with van der Waals surface area (Å²) in [5.41, 5.74) is 4.50. The summed E-state index contributed by atoms with van der Waals surface area (Å²) in [6.07, 6.45) is -4.21. The largest absolute Gasteiger partial charge is 0.386 e. The molecule has 9 nitrogen and oxygen atoms in total. The Morgan fingerprint density at radius 3 is 2.71 bits per heavy atom. The molecule has 24 heavy (non-hydrogen) atoms.